The van der Waals surface area contributed by atoms with Gasteiger partial charge in [0.1, 0.15) is 23.4 Å². The number of halogens is 1. The first-order valence-electron chi connectivity index (χ1n) is 9.01. The van der Waals surface area contributed by atoms with Gasteiger partial charge in [-0.25, -0.2) is 14.4 Å². The number of morpholine rings is 1. The Labute approximate surface area is 157 Å². The standard InChI is InChI=1S/C21H21FN4O/c1-14-15(2)24-20(18-9-5-6-10-23-18)25-21(14)26-11-12-27-19(13-26)16-7-3-4-8-17(16)22/h3-10,19H,11-13H2,1-2H3. The molecule has 3 aromatic rings. The summed E-state index contributed by atoms with van der Waals surface area (Å²) >= 11 is 0. The van der Waals surface area contributed by atoms with Crippen LogP contribution in [0.15, 0.2) is 48.7 Å². The van der Waals surface area contributed by atoms with Crippen molar-refractivity contribution in [3.05, 3.63) is 71.3 Å². The van der Waals surface area contributed by atoms with E-state index >= 15 is 0 Å². The van der Waals surface area contributed by atoms with E-state index in [1.165, 1.54) is 6.07 Å². The SMILES string of the molecule is Cc1nc(-c2ccccn2)nc(N2CCOC(c3ccccc3F)C2)c1C. The molecule has 0 N–H and O–H groups in total. The van der Waals surface area contributed by atoms with Crippen LogP contribution in [0.4, 0.5) is 10.2 Å². The smallest absolute Gasteiger partial charge is 0.180 e. The average Bonchev–Trinajstić information content (AvgIpc) is 2.71. The van der Waals surface area contributed by atoms with Crippen molar-refractivity contribution in [2.75, 3.05) is 24.6 Å². The van der Waals surface area contributed by atoms with Gasteiger partial charge >= 0.3 is 0 Å². The Morgan fingerprint density at radius 2 is 1.89 bits per heavy atom. The molecule has 6 heteroatoms. The minimum atomic E-state index is -0.326. The molecule has 27 heavy (non-hydrogen) atoms. The van der Waals surface area contributed by atoms with Gasteiger partial charge in [0, 0.05) is 36.1 Å². The summed E-state index contributed by atoms with van der Waals surface area (Å²) in [6.45, 7) is 5.74. The maximum Gasteiger partial charge on any atom is 0.180 e. The highest BCUT2D eigenvalue weighted by atomic mass is 19.1. The van der Waals surface area contributed by atoms with E-state index in [0.29, 0.717) is 31.1 Å². The van der Waals surface area contributed by atoms with Crippen LogP contribution in [-0.4, -0.2) is 34.6 Å². The van der Waals surface area contributed by atoms with Crippen LogP contribution in [-0.2, 0) is 4.74 Å². The third-order valence-electron chi connectivity index (χ3n) is 4.88. The molecule has 2 aromatic heterocycles. The molecule has 1 aliphatic rings. The summed E-state index contributed by atoms with van der Waals surface area (Å²) in [7, 11) is 0. The molecule has 0 spiro atoms. The molecule has 0 amide bonds. The lowest BCUT2D eigenvalue weighted by atomic mass is 10.1. The molecule has 1 atom stereocenters. The highest BCUT2D eigenvalue weighted by Crippen LogP contribution is 2.30. The fourth-order valence-corrected chi connectivity index (χ4v) is 3.30. The molecule has 1 aliphatic heterocycles. The molecule has 1 unspecified atom stereocenters. The second kappa shape index (κ2) is 7.40. The van der Waals surface area contributed by atoms with Crippen molar-refractivity contribution in [1.29, 1.82) is 0 Å². The fraction of sp³-hybridized carbons (Fsp3) is 0.286. The first kappa shape index (κ1) is 17.5. The number of aromatic nitrogens is 3. The highest BCUT2D eigenvalue weighted by molar-refractivity contribution is 5.57. The number of anilines is 1. The van der Waals surface area contributed by atoms with Crippen molar-refractivity contribution in [1.82, 2.24) is 15.0 Å². The van der Waals surface area contributed by atoms with E-state index < -0.39 is 0 Å². The maximum atomic E-state index is 14.2. The van der Waals surface area contributed by atoms with Gasteiger partial charge in [-0.15, -0.1) is 0 Å². The van der Waals surface area contributed by atoms with Crippen LogP contribution >= 0.6 is 0 Å². The largest absolute Gasteiger partial charge is 0.370 e. The molecular weight excluding hydrogens is 343 g/mol. The van der Waals surface area contributed by atoms with Crippen LogP contribution in [0, 0.1) is 19.7 Å². The van der Waals surface area contributed by atoms with Gasteiger partial charge in [-0.2, -0.15) is 0 Å². The quantitative estimate of drug-likeness (QED) is 0.706. The van der Waals surface area contributed by atoms with Gasteiger partial charge in [0.15, 0.2) is 5.82 Å². The molecule has 5 nitrogen and oxygen atoms in total. The van der Waals surface area contributed by atoms with Gasteiger partial charge in [-0.05, 0) is 32.0 Å². The molecule has 1 aromatic carbocycles. The minimum Gasteiger partial charge on any atom is -0.370 e. The lowest BCUT2D eigenvalue weighted by molar-refractivity contribution is 0.0372. The summed E-state index contributed by atoms with van der Waals surface area (Å²) in [5.74, 6) is 1.21. The average molecular weight is 364 g/mol. The van der Waals surface area contributed by atoms with E-state index in [4.69, 9.17) is 9.72 Å². The summed E-state index contributed by atoms with van der Waals surface area (Å²) in [6.07, 6.45) is 1.41. The van der Waals surface area contributed by atoms with Crippen LogP contribution in [0.25, 0.3) is 11.5 Å². The summed E-state index contributed by atoms with van der Waals surface area (Å²) in [5, 5.41) is 0. The Morgan fingerprint density at radius 1 is 1.07 bits per heavy atom. The molecule has 138 valence electrons. The molecule has 0 saturated carbocycles. The molecular formula is C21H21FN4O. The number of aryl methyl sites for hydroxylation is 1. The van der Waals surface area contributed by atoms with Crippen molar-refractivity contribution in [2.45, 2.75) is 20.0 Å². The van der Waals surface area contributed by atoms with E-state index in [0.717, 1.165) is 22.8 Å². The predicted molar refractivity (Wildman–Crippen MR) is 102 cm³/mol. The molecule has 0 radical (unpaired) electrons. The Balaban J connectivity index is 1.68. The summed E-state index contributed by atoms with van der Waals surface area (Å²) in [6, 6.07) is 12.5. The van der Waals surface area contributed by atoms with E-state index in [9.17, 15) is 4.39 Å². The van der Waals surface area contributed by atoms with Gasteiger partial charge in [0.2, 0.25) is 0 Å². The molecule has 4 rings (SSSR count). The van der Waals surface area contributed by atoms with Crippen molar-refractivity contribution in [3.8, 4) is 11.5 Å². The molecule has 0 aliphatic carbocycles. The molecule has 0 bridgehead atoms. The lowest BCUT2D eigenvalue weighted by Gasteiger charge is -2.35. The van der Waals surface area contributed by atoms with Crippen molar-refractivity contribution >= 4 is 5.82 Å². The van der Waals surface area contributed by atoms with Crippen LogP contribution < -0.4 is 4.90 Å². The zero-order valence-electron chi connectivity index (χ0n) is 15.4. The van der Waals surface area contributed by atoms with E-state index in [-0.39, 0.29) is 11.9 Å². The normalized spacial score (nSPS) is 17.1. The van der Waals surface area contributed by atoms with Crippen LogP contribution in [0.2, 0.25) is 0 Å². The summed E-state index contributed by atoms with van der Waals surface area (Å²) < 4.78 is 20.0. The summed E-state index contributed by atoms with van der Waals surface area (Å²) in [4.78, 5) is 15.9. The first-order valence-corrected chi connectivity index (χ1v) is 9.01. The Bertz CT molecular complexity index is 948. The number of ether oxygens (including phenoxy) is 1. The zero-order chi connectivity index (χ0) is 18.8. The van der Waals surface area contributed by atoms with E-state index in [1.807, 2.05) is 38.1 Å². The van der Waals surface area contributed by atoms with Gasteiger partial charge < -0.3 is 9.64 Å². The van der Waals surface area contributed by atoms with E-state index in [2.05, 4.69) is 14.9 Å². The number of hydrogen-bond donors (Lipinski definition) is 0. The second-order valence-electron chi connectivity index (χ2n) is 6.62. The minimum absolute atomic E-state index is 0.242. The number of hydrogen-bond acceptors (Lipinski definition) is 5. The zero-order valence-corrected chi connectivity index (χ0v) is 15.4. The third-order valence-corrected chi connectivity index (χ3v) is 4.88. The maximum absolute atomic E-state index is 14.2. The fourth-order valence-electron chi connectivity index (χ4n) is 3.30. The Hall–Kier alpha value is -2.86. The topological polar surface area (TPSA) is 51.1 Å². The second-order valence-corrected chi connectivity index (χ2v) is 6.62. The summed E-state index contributed by atoms with van der Waals surface area (Å²) in [5.41, 5.74) is 3.25. The van der Waals surface area contributed by atoms with Crippen LogP contribution in [0.5, 0.6) is 0 Å². The Morgan fingerprint density at radius 3 is 2.67 bits per heavy atom. The van der Waals surface area contributed by atoms with Gasteiger partial charge in [-0.3, -0.25) is 4.98 Å². The van der Waals surface area contributed by atoms with Crippen LogP contribution in [0.1, 0.15) is 22.9 Å². The number of benzene rings is 1. The van der Waals surface area contributed by atoms with Gasteiger partial charge in [0.25, 0.3) is 0 Å². The van der Waals surface area contributed by atoms with Crippen molar-refractivity contribution in [2.24, 2.45) is 0 Å². The monoisotopic (exact) mass is 364 g/mol. The third kappa shape index (κ3) is 3.53. The lowest BCUT2D eigenvalue weighted by Crippen LogP contribution is -2.39. The highest BCUT2D eigenvalue weighted by Gasteiger charge is 2.27. The van der Waals surface area contributed by atoms with Crippen LogP contribution in [0.3, 0.4) is 0 Å². The number of pyridine rings is 1. The van der Waals surface area contributed by atoms with Crippen molar-refractivity contribution in [3.63, 3.8) is 0 Å². The van der Waals surface area contributed by atoms with Crippen molar-refractivity contribution < 1.29 is 9.13 Å². The van der Waals surface area contributed by atoms with Gasteiger partial charge in [0.05, 0.1) is 6.61 Å². The first-order chi connectivity index (χ1) is 13.1. The Kier molecular flexibility index (Phi) is 4.81. The molecule has 1 saturated heterocycles. The molecule has 1 fully saturated rings. The number of nitrogens with zero attached hydrogens (tertiary/aromatic N) is 4. The van der Waals surface area contributed by atoms with E-state index in [1.54, 1.807) is 18.3 Å². The molecule has 3 heterocycles. The number of rotatable bonds is 3. The van der Waals surface area contributed by atoms with Gasteiger partial charge in [-0.1, -0.05) is 24.3 Å². The predicted octanol–water partition coefficient (Wildman–Crippen LogP) is 3.87.